The van der Waals surface area contributed by atoms with Gasteiger partial charge in [-0.3, -0.25) is 14.5 Å². The SMILES string of the molecule is O=C(CN(C(=O)c1csnn1)c1ccc(Br)cc1)NCc1ccccc1. The van der Waals surface area contributed by atoms with Crippen LogP contribution in [-0.2, 0) is 11.3 Å². The van der Waals surface area contributed by atoms with Crippen molar-refractivity contribution in [2.45, 2.75) is 6.54 Å². The maximum atomic E-state index is 12.7. The number of hydrogen-bond acceptors (Lipinski definition) is 5. The van der Waals surface area contributed by atoms with E-state index < -0.39 is 0 Å². The minimum atomic E-state index is -0.365. The lowest BCUT2D eigenvalue weighted by molar-refractivity contribution is -0.119. The molecule has 1 aromatic heterocycles. The fraction of sp³-hybridized carbons (Fsp3) is 0.111. The van der Waals surface area contributed by atoms with Gasteiger partial charge in [0.05, 0.1) is 0 Å². The van der Waals surface area contributed by atoms with E-state index in [9.17, 15) is 9.59 Å². The van der Waals surface area contributed by atoms with Crippen LogP contribution in [0.2, 0.25) is 0 Å². The number of halogens is 1. The molecule has 0 atom stereocenters. The van der Waals surface area contributed by atoms with Crippen LogP contribution in [0.5, 0.6) is 0 Å². The predicted octanol–water partition coefficient (Wildman–Crippen LogP) is 3.26. The first-order chi connectivity index (χ1) is 12.6. The fourth-order valence-electron chi connectivity index (χ4n) is 2.29. The number of anilines is 1. The Hall–Kier alpha value is -2.58. The van der Waals surface area contributed by atoms with Crippen molar-refractivity contribution in [3.05, 3.63) is 75.7 Å². The second-order valence-electron chi connectivity index (χ2n) is 5.42. The number of nitrogens with zero attached hydrogens (tertiary/aromatic N) is 3. The Balaban J connectivity index is 1.73. The molecule has 2 aromatic carbocycles. The van der Waals surface area contributed by atoms with Crippen molar-refractivity contribution in [1.82, 2.24) is 14.9 Å². The average molecular weight is 431 g/mol. The maximum absolute atomic E-state index is 12.7. The Labute approximate surface area is 163 Å². The van der Waals surface area contributed by atoms with E-state index in [1.54, 1.807) is 17.5 Å². The molecule has 0 aliphatic heterocycles. The first-order valence-electron chi connectivity index (χ1n) is 7.78. The Kier molecular flexibility index (Phi) is 6.08. The van der Waals surface area contributed by atoms with E-state index >= 15 is 0 Å². The molecule has 0 saturated heterocycles. The molecule has 0 fully saturated rings. The van der Waals surface area contributed by atoms with Crippen molar-refractivity contribution >= 4 is 45.0 Å². The molecule has 6 nitrogen and oxygen atoms in total. The zero-order valence-corrected chi connectivity index (χ0v) is 16.0. The van der Waals surface area contributed by atoms with E-state index in [1.165, 1.54) is 4.90 Å². The third-order valence-corrected chi connectivity index (χ3v) is 4.63. The molecular formula is C18H15BrN4O2S. The smallest absolute Gasteiger partial charge is 0.280 e. The third-order valence-electron chi connectivity index (χ3n) is 3.60. The number of carbonyl (C=O) groups excluding carboxylic acids is 2. The molecule has 3 rings (SSSR count). The zero-order valence-electron chi connectivity index (χ0n) is 13.6. The number of hydrogen-bond donors (Lipinski definition) is 1. The highest BCUT2D eigenvalue weighted by molar-refractivity contribution is 9.10. The molecule has 0 spiro atoms. The van der Waals surface area contributed by atoms with Gasteiger partial charge in [0.2, 0.25) is 5.91 Å². The summed E-state index contributed by atoms with van der Waals surface area (Å²) in [6, 6.07) is 16.8. The minimum absolute atomic E-state index is 0.106. The Morgan fingerprint density at radius 1 is 1.08 bits per heavy atom. The number of amides is 2. The van der Waals surface area contributed by atoms with E-state index in [-0.39, 0.29) is 24.1 Å². The van der Waals surface area contributed by atoms with E-state index in [1.807, 2.05) is 42.5 Å². The molecule has 132 valence electrons. The second kappa shape index (κ2) is 8.68. The van der Waals surface area contributed by atoms with Gasteiger partial charge in [0.1, 0.15) is 6.54 Å². The van der Waals surface area contributed by atoms with Gasteiger partial charge in [-0.15, -0.1) is 5.10 Å². The number of rotatable bonds is 6. The van der Waals surface area contributed by atoms with Crippen molar-refractivity contribution in [3.8, 4) is 0 Å². The maximum Gasteiger partial charge on any atom is 0.280 e. The van der Waals surface area contributed by atoms with E-state index in [0.29, 0.717) is 12.2 Å². The van der Waals surface area contributed by atoms with Crippen molar-refractivity contribution in [2.24, 2.45) is 0 Å². The van der Waals surface area contributed by atoms with Crippen LogP contribution in [0, 0.1) is 0 Å². The van der Waals surface area contributed by atoms with Gasteiger partial charge < -0.3 is 5.32 Å². The third kappa shape index (κ3) is 4.74. The normalized spacial score (nSPS) is 10.3. The highest BCUT2D eigenvalue weighted by Gasteiger charge is 2.22. The highest BCUT2D eigenvalue weighted by Crippen LogP contribution is 2.20. The summed E-state index contributed by atoms with van der Waals surface area (Å²) in [5.41, 5.74) is 1.82. The lowest BCUT2D eigenvalue weighted by atomic mass is 10.2. The van der Waals surface area contributed by atoms with Crippen molar-refractivity contribution in [2.75, 3.05) is 11.4 Å². The number of nitrogens with one attached hydrogen (secondary N) is 1. The molecule has 8 heteroatoms. The van der Waals surface area contributed by atoms with Gasteiger partial charge in [-0.1, -0.05) is 50.8 Å². The summed E-state index contributed by atoms with van der Waals surface area (Å²) in [6.07, 6.45) is 0. The van der Waals surface area contributed by atoms with E-state index in [2.05, 4.69) is 30.8 Å². The minimum Gasteiger partial charge on any atom is -0.350 e. The Morgan fingerprint density at radius 2 is 1.81 bits per heavy atom. The van der Waals surface area contributed by atoms with Crippen molar-refractivity contribution < 1.29 is 9.59 Å². The summed E-state index contributed by atoms with van der Waals surface area (Å²) in [6.45, 7) is 0.297. The van der Waals surface area contributed by atoms with Crippen LogP contribution in [0.25, 0.3) is 0 Å². The van der Waals surface area contributed by atoms with Gasteiger partial charge in [0.15, 0.2) is 5.69 Å². The van der Waals surface area contributed by atoms with Crippen LogP contribution in [0.1, 0.15) is 16.1 Å². The molecule has 0 bridgehead atoms. The number of benzene rings is 2. The first kappa shape index (κ1) is 18.2. The van der Waals surface area contributed by atoms with Crippen molar-refractivity contribution in [1.29, 1.82) is 0 Å². The van der Waals surface area contributed by atoms with Gasteiger partial charge in [-0.05, 0) is 41.4 Å². The Bertz CT molecular complexity index is 870. The number of carbonyl (C=O) groups is 2. The lowest BCUT2D eigenvalue weighted by Gasteiger charge is -2.21. The first-order valence-corrected chi connectivity index (χ1v) is 9.41. The molecule has 1 heterocycles. The second-order valence-corrected chi connectivity index (χ2v) is 6.95. The van der Waals surface area contributed by atoms with E-state index in [0.717, 1.165) is 21.6 Å². The van der Waals surface area contributed by atoms with Gasteiger partial charge >= 0.3 is 0 Å². The highest BCUT2D eigenvalue weighted by atomic mass is 79.9. The van der Waals surface area contributed by atoms with Crippen LogP contribution in [0.3, 0.4) is 0 Å². The summed E-state index contributed by atoms with van der Waals surface area (Å²) in [5, 5.41) is 8.22. The molecule has 3 aromatic rings. The van der Waals surface area contributed by atoms with Crippen LogP contribution < -0.4 is 10.2 Å². The summed E-state index contributed by atoms with van der Waals surface area (Å²) >= 11 is 4.46. The van der Waals surface area contributed by atoms with Gasteiger partial charge in [0, 0.05) is 22.1 Å². The monoisotopic (exact) mass is 430 g/mol. The van der Waals surface area contributed by atoms with Crippen molar-refractivity contribution in [3.63, 3.8) is 0 Å². The molecule has 1 N–H and O–H groups in total. The molecule has 0 unspecified atom stereocenters. The van der Waals surface area contributed by atoms with Crippen LogP contribution in [0.4, 0.5) is 5.69 Å². The average Bonchev–Trinajstić information content (AvgIpc) is 3.20. The molecular weight excluding hydrogens is 416 g/mol. The van der Waals surface area contributed by atoms with E-state index in [4.69, 9.17) is 0 Å². The summed E-state index contributed by atoms with van der Waals surface area (Å²) in [5.74, 6) is -0.621. The van der Waals surface area contributed by atoms with Gasteiger partial charge in [-0.2, -0.15) is 0 Å². The van der Waals surface area contributed by atoms with Crippen LogP contribution in [-0.4, -0.2) is 27.9 Å². The lowest BCUT2D eigenvalue weighted by Crippen LogP contribution is -2.40. The molecule has 0 aliphatic carbocycles. The summed E-state index contributed by atoms with van der Waals surface area (Å²) in [7, 11) is 0. The quantitative estimate of drug-likeness (QED) is 0.650. The molecule has 0 aliphatic rings. The molecule has 26 heavy (non-hydrogen) atoms. The van der Waals surface area contributed by atoms with Crippen LogP contribution in [0.15, 0.2) is 64.5 Å². The summed E-state index contributed by atoms with van der Waals surface area (Å²) in [4.78, 5) is 26.5. The molecule has 0 saturated carbocycles. The molecule has 0 radical (unpaired) electrons. The van der Waals surface area contributed by atoms with Gasteiger partial charge in [0.25, 0.3) is 5.91 Å². The summed E-state index contributed by atoms with van der Waals surface area (Å²) < 4.78 is 4.61. The topological polar surface area (TPSA) is 75.2 Å². The van der Waals surface area contributed by atoms with Crippen LogP contribution >= 0.6 is 27.5 Å². The van der Waals surface area contributed by atoms with Gasteiger partial charge in [-0.25, -0.2) is 0 Å². The standard InChI is InChI=1S/C18H15BrN4O2S/c19-14-6-8-15(9-7-14)23(18(25)16-12-26-22-21-16)11-17(24)20-10-13-4-2-1-3-5-13/h1-9,12H,10-11H2,(H,20,24). The predicted molar refractivity (Wildman–Crippen MR) is 104 cm³/mol. The fourth-order valence-corrected chi connectivity index (χ4v) is 2.99. The Morgan fingerprint density at radius 3 is 2.46 bits per heavy atom. The molecule has 2 amide bonds. The largest absolute Gasteiger partial charge is 0.350 e. The number of aromatic nitrogens is 2. The zero-order chi connectivity index (χ0) is 18.4.